The third-order valence-electron chi connectivity index (χ3n) is 7.03. The minimum Gasteiger partial charge on any atom is -0.378 e. The lowest BCUT2D eigenvalue weighted by atomic mass is 9.51. The fraction of sp³-hybridized carbons (Fsp3) is 0.905. The van der Waals surface area contributed by atoms with E-state index in [2.05, 4.69) is 34.3 Å². The van der Waals surface area contributed by atoms with Crippen LogP contribution in [0.4, 0.5) is 0 Å². The van der Waals surface area contributed by atoms with Gasteiger partial charge in [0.25, 0.3) is 0 Å². The number of guanidine groups is 1. The van der Waals surface area contributed by atoms with Crippen LogP contribution in [0.1, 0.15) is 52.4 Å². The molecule has 0 aromatic rings. The Kier molecular flexibility index (Phi) is 6.11. The molecule has 0 aromatic heterocycles. The molecule has 1 amide bonds. The van der Waals surface area contributed by atoms with Crippen LogP contribution in [0.2, 0.25) is 0 Å². The number of hydrogen-bond acceptors (Lipinski definition) is 4. The van der Waals surface area contributed by atoms with Crippen LogP contribution in [-0.4, -0.2) is 85.7 Å². The second-order valence-electron chi connectivity index (χ2n) is 8.87. The number of aliphatic imine (C=N–C) groups is 1. The number of amides is 1. The fourth-order valence-electron chi connectivity index (χ4n) is 5.01. The second kappa shape index (κ2) is 8.57. The molecule has 1 aliphatic heterocycles. The Morgan fingerprint density at radius 2 is 1.89 bits per heavy atom. The molecule has 4 aliphatic rings. The average molecular weight is 392 g/mol. The smallest absolute Gasteiger partial charge is 0.234 e. The molecule has 7 nitrogen and oxygen atoms in total. The highest BCUT2D eigenvalue weighted by molar-refractivity contribution is 5.81. The van der Waals surface area contributed by atoms with Gasteiger partial charge in [0, 0.05) is 56.8 Å². The van der Waals surface area contributed by atoms with E-state index in [1.807, 2.05) is 0 Å². The maximum Gasteiger partial charge on any atom is 0.234 e. The van der Waals surface area contributed by atoms with Crippen LogP contribution in [0.5, 0.6) is 0 Å². The van der Waals surface area contributed by atoms with Crippen LogP contribution >= 0.6 is 0 Å². The first-order valence-corrected chi connectivity index (χ1v) is 11.3. The maximum absolute atomic E-state index is 12.1. The summed E-state index contributed by atoms with van der Waals surface area (Å²) in [5, 5.41) is 6.88. The largest absolute Gasteiger partial charge is 0.378 e. The zero-order valence-electron chi connectivity index (χ0n) is 17.6. The quantitative estimate of drug-likeness (QED) is 0.504. The number of nitrogens with one attached hydrogen (secondary N) is 2. The number of carbonyl (C=O) groups is 1. The maximum atomic E-state index is 12.1. The van der Waals surface area contributed by atoms with Crippen LogP contribution in [0.25, 0.3) is 0 Å². The molecule has 0 bridgehead atoms. The molecule has 3 saturated carbocycles. The molecule has 1 spiro atoms. The van der Waals surface area contributed by atoms with Gasteiger partial charge in [0.15, 0.2) is 5.96 Å². The number of piperazine rings is 1. The molecular formula is C21H37N5O2. The van der Waals surface area contributed by atoms with Gasteiger partial charge < -0.3 is 20.3 Å². The molecule has 4 fully saturated rings. The standard InChI is InChI=1S/C21H37N5O2/c1-3-22-20(24-17-14-18(28-4-2)21(17)8-5-9-21)26-12-10-25(11-13-26)15-19(27)23-16-6-7-16/h16-18H,3-15H2,1-2H3,(H,22,24)(H,23,27). The SMILES string of the molecule is CCN=C(NC1CC(OCC)C12CCC2)N1CCN(CC(=O)NC2CC2)CC1. The molecule has 158 valence electrons. The van der Waals surface area contributed by atoms with Gasteiger partial charge in [0.1, 0.15) is 0 Å². The molecule has 1 heterocycles. The van der Waals surface area contributed by atoms with Crippen molar-refractivity contribution in [3.05, 3.63) is 0 Å². The predicted molar refractivity (Wildman–Crippen MR) is 110 cm³/mol. The molecule has 2 N–H and O–H groups in total. The van der Waals surface area contributed by atoms with E-state index < -0.39 is 0 Å². The monoisotopic (exact) mass is 391 g/mol. The number of carbonyl (C=O) groups excluding carboxylic acids is 1. The van der Waals surface area contributed by atoms with Crippen LogP contribution in [0, 0.1) is 5.41 Å². The van der Waals surface area contributed by atoms with E-state index in [0.29, 0.717) is 30.1 Å². The van der Waals surface area contributed by atoms with E-state index in [9.17, 15) is 4.79 Å². The van der Waals surface area contributed by atoms with Gasteiger partial charge in [-0.05, 0) is 46.0 Å². The van der Waals surface area contributed by atoms with Gasteiger partial charge in [-0.15, -0.1) is 0 Å². The van der Waals surface area contributed by atoms with Crippen molar-refractivity contribution in [3.8, 4) is 0 Å². The molecule has 2 unspecified atom stereocenters. The number of ether oxygens (including phenoxy) is 1. The zero-order valence-corrected chi connectivity index (χ0v) is 17.6. The normalized spacial score (nSPS) is 29.9. The van der Waals surface area contributed by atoms with Crippen molar-refractivity contribution in [2.45, 2.75) is 70.6 Å². The third kappa shape index (κ3) is 4.15. The Bertz CT molecular complexity index is 579. The second-order valence-corrected chi connectivity index (χ2v) is 8.87. The van der Waals surface area contributed by atoms with E-state index in [1.54, 1.807) is 0 Å². The van der Waals surface area contributed by atoms with Gasteiger partial charge in [0.05, 0.1) is 12.6 Å². The molecule has 0 radical (unpaired) electrons. The van der Waals surface area contributed by atoms with Gasteiger partial charge in [-0.1, -0.05) is 6.42 Å². The first-order chi connectivity index (χ1) is 13.6. The predicted octanol–water partition coefficient (Wildman–Crippen LogP) is 1.20. The summed E-state index contributed by atoms with van der Waals surface area (Å²) >= 11 is 0. The molecule has 2 atom stereocenters. The lowest BCUT2D eigenvalue weighted by molar-refractivity contribution is -0.169. The number of rotatable bonds is 7. The van der Waals surface area contributed by atoms with Crippen molar-refractivity contribution < 1.29 is 9.53 Å². The van der Waals surface area contributed by atoms with Crippen molar-refractivity contribution in [1.29, 1.82) is 0 Å². The summed E-state index contributed by atoms with van der Waals surface area (Å²) in [7, 11) is 0. The Morgan fingerprint density at radius 1 is 1.14 bits per heavy atom. The molecular weight excluding hydrogens is 354 g/mol. The number of nitrogens with zero attached hydrogens (tertiary/aromatic N) is 3. The van der Waals surface area contributed by atoms with E-state index >= 15 is 0 Å². The summed E-state index contributed by atoms with van der Waals surface area (Å²) in [6, 6.07) is 0.938. The lowest BCUT2D eigenvalue weighted by Crippen LogP contribution is -2.69. The van der Waals surface area contributed by atoms with Crippen molar-refractivity contribution in [2.75, 3.05) is 45.9 Å². The first kappa shape index (κ1) is 20.0. The molecule has 3 aliphatic carbocycles. The molecule has 0 aromatic carbocycles. The van der Waals surface area contributed by atoms with Gasteiger partial charge in [-0.2, -0.15) is 0 Å². The van der Waals surface area contributed by atoms with Crippen molar-refractivity contribution in [2.24, 2.45) is 10.4 Å². The van der Waals surface area contributed by atoms with Gasteiger partial charge >= 0.3 is 0 Å². The summed E-state index contributed by atoms with van der Waals surface area (Å²) in [5.41, 5.74) is 0.341. The minimum absolute atomic E-state index is 0.180. The third-order valence-corrected chi connectivity index (χ3v) is 7.03. The van der Waals surface area contributed by atoms with E-state index in [0.717, 1.165) is 64.6 Å². The van der Waals surface area contributed by atoms with Crippen LogP contribution in [0.3, 0.4) is 0 Å². The van der Waals surface area contributed by atoms with Gasteiger partial charge in [-0.3, -0.25) is 14.7 Å². The minimum atomic E-state index is 0.180. The van der Waals surface area contributed by atoms with Crippen molar-refractivity contribution >= 4 is 11.9 Å². The van der Waals surface area contributed by atoms with Gasteiger partial charge in [0.2, 0.25) is 5.91 Å². The summed E-state index contributed by atoms with van der Waals surface area (Å²) in [6.45, 7) is 10.0. The van der Waals surface area contributed by atoms with Crippen molar-refractivity contribution in [1.82, 2.24) is 20.4 Å². The Balaban J connectivity index is 1.27. The zero-order chi connectivity index (χ0) is 19.6. The molecule has 1 saturated heterocycles. The summed E-state index contributed by atoms with van der Waals surface area (Å²) < 4.78 is 6.00. The van der Waals surface area contributed by atoms with Crippen LogP contribution < -0.4 is 10.6 Å². The summed E-state index contributed by atoms with van der Waals surface area (Å²) in [4.78, 5) is 21.5. The highest BCUT2D eigenvalue weighted by atomic mass is 16.5. The van der Waals surface area contributed by atoms with Crippen molar-refractivity contribution in [3.63, 3.8) is 0 Å². The molecule has 4 rings (SSSR count). The molecule has 7 heteroatoms. The highest BCUT2D eigenvalue weighted by Gasteiger charge is 2.59. The fourth-order valence-corrected chi connectivity index (χ4v) is 5.01. The Morgan fingerprint density at radius 3 is 2.46 bits per heavy atom. The first-order valence-electron chi connectivity index (χ1n) is 11.3. The molecule has 28 heavy (non-hydrogen) atoms. The highest BCUT2D eigenvalue weighted by Crippen LogP contribution is 2.57. The average Bonchev–Trinajstić information content (AvgIpc) is 3.43. The van der Waals surface area contributed by atoms with Crippen LogP contribution in [-0.2, 0) is 9.53 Å². The summed E-state index contributed by atoms with van der Waals surface area (Å²) in [6.07, 6.45) is 7.69. The lowest BCUT2D eigenvalue weighted by Gasteiger charge is -2.61. The number of hydrogen-bond donors (Lipinski definition) is 2. The van der Waals surface area contributed by atoms with Gasteiger partial charge in [-0.25, -0.2) is 0 Å². The van der Waals surface area contributed by atoms with E-state index in [1.165, 1.54) is 19.3 Å². The topological polar surface area (TPSA) is 69.2 Å². The van der Waals surface area contributed by atoms with E-state index in [4.69, 9.17) is 9.73 Å². The van der Waals surface area contributed by atoms with E-state index in [-0.39, 0.29) is 5.91 Å². The van der Waals surface area contributed by atoms with Crippen LogP contribution in [0.15, 0.2) is 4.99 Å². The Labute approximate surface area is 169 Å². The Hall–Kier alpha value is -1.34. The summed E-state index contributed by atoms with van der Waals surface area (Å²) in [5.74, 6) is 1.23.